The Hall–Kier alpha value is -3.67. The summed E-state index contributed by atoms with van der Waals surface area (Å²) in [6, 6.07) is 3.88. The number of nitrogens with one attached hydrogen (secondary N) is 2. The predicted molar refractivity (Wildman–Crippen MR) is 135 cm³/mol. The number of alkyl halides is 3. The molecule has 6 rings (SSSR count). The maximum absolute atomic E-state index is 13.1. The average Bonchev–Trinajstić information content (AvgIpc) is 3.53. The number of piperidine rings is 1. The van der Waals surface area contributed by atoms with Crippen LogP contribution >= 0.6 is 0 Å². The molecule has 1 saturated heterocycles. The Morgan fingerprint density at radius 1 is 1.11 bits per heavy atom. The molecule has 2 fully saturated rings. The lowest BCUT2D eigenvalue weighted by atomic mass is 9.93. The van der Waals surface area contributed by atoms with E-state index in [2.05, 4.69) is 30.1 Å². The van der Waals surface area contributed by atoms with Gasteiger partial charge in [0.15, 0.2) is 0 Å². The molecule has 2 aliphatic rings. The standard InChI is InChI=1S/C26H28F3N7O2/c27-26(28,29)38-18-6-4-17(5-7-18)33-25-31-14-20-19(13-30-23(20)34-25)16-8-11-36-22(12-16)21(15-32-36)24(37)35-9-2-1-3-10-35/h8,11-15,17-18H,1-7,9-10H2,(H2,30,31,33,34). The van der Waals surface area contributed by atoms with E-state index < -0.39 is 12.5 Å². The number of aromatic amines is 1. The van der Waals surface area contributed by atoms with E-state index in [1.54, 1.807) is 16.9 Å². The Labute approximate surface area is 216 Å². The summed E-state index contributed by atoms with van der Waals surface area (Å²) < 4.78 is 43.3. The summed E-state index contributed by atoms with van der Waals surface area (Å²) >= 11 is 0. The first kappa shape index (κ1) is 24.7. The molecule has 2 N–H and O–H groups in total. The predicted octanol–water partition coefficient (Wildman–Crippen LogP) is 5.16. The Balaban J connectivity index is 1.19. The first-order valence-electron chi connectivity index (χ1n) is 13.0. The number of aromatic nitrogens is 5. The van der Waals surface area contributed by atoms with Crippen LogP contribution in [0.4, 0.5) is 19.1 Å². The highest BCUT2D eigenvalue weighted by molar-refractivity contribution is 6.02. The topological polar surface area (TPSA) is 100 Å². The van der Waals surface area contributed by atoms with Gasteiger partial charge < -0.3 is 15.2 Å². The number of carbonyl (C=O) groups is 1. The van der Waals surface area contributed by atoms with Crippen molar-refractivity contribution in [1.82, 2.24) is 29.5 Å². The Kier molecular flexibility index (Phi) is 6.42. The summed E-state index contributed by atoms with van der Waals surface area (Å²) in [5.74, 6) is 0.431. The highest BCUT2D eigenvalue weighted by Gasteiger charge is 2.35. The van der Waals surface area contributed by atoms with Gasteiger partial charge >= 0.3 is 6.36 Å². The number of anilines is 1. The molecule has 200 valence electrons. The van der Waals surface area contributed by atoms with Crippen LogP contribution in [0.2, 0.25) is 0 Å². The van der Waals surface area contributed by atoms with Crippen LogP contribution in [0.25, 0.3) is 27.7 Å². The fraction of sp³-hybridized carbons (Fsp3) is 0.462. The largest absolute Gasteiger partial charge is 0.522 e. The highest BCUT2D eigenvalue weighted by Crippen LogP contribution is 2.31. The third-order valence-corrected chi connectivity index (χ3v) is 7.45. The normalized spacial score (nSPS) is 20.8. The summed E-state index contributed by atoms with van der Waals surface area (Å²) in [5.41, 5.74) is 3.79. The van der Waals surface area contributed by atoms with E-state index >= 15 is 0 Å². The lowest BCUT2D eigenvalue weighted by Gasteiger charge is -2.29. The van der Waals surface area contributed by atoms with E-state index in [1.165, 1.54) is 0 Å². The van der Waals surface area contributed by atoms with Crippen LogP contribution in [0.1, 0.15) is 55.3 Å². The average molecular weight is 528 g/mol. The second-order valence-electron chi connectivity index (χ2n) is 10.00. The quantitative estimate of drug-likeness (QED) is 0.372. The van der Waals surface area contributed by atoms with Crippen molar-refractivity contribution in [1.29, 1.82) is 0 Å². The van der Waals surface area contributed by atoms with Gasteiger partial charge in [-0.1, -0.05) is 0 Å². The Morgan fingerprint density at radius 2 is 1.89 bits per heavy atom. The van der Waals surface area contributed by atoms with Gasteiger partial charge in [0, 0.05) is 48.7 Å². The van der Waals surface area contributed by atoms with Gasteiger partial charge in [-0.2, -0.15) is 10.1 Å². The van der Waals surface area contributed by atoms with Crippen molar-refractivity contribution in [3.63, 3.8) is 0 Å². The van der Waals surface area contributed by atoms with Gasteiger partial charge in [0.1, 0.15) is 5.65 Å². The molecule has 1 saturated carbocycles. The molecule has 38 heavy (non-hydrogen) atoms. The summed E-state index contributed by atoms with van der Waals surface area (Å²) in [6.07, 6.45) is 6.60. The first-order chi connectivity index (χ1) is 18.3. The summed E-state index contributed by atoms with van der Waals surface area (Å²) in [5, 5.41) is 8.44. The molecule has 9 nitrogen and oxygen atoms in total. The van der Waals surface area contributed by atoms with Gasteiger partial charge in [-0.15, -0.1) is 13.2 Å². The molecule has 0 unspecified atom stereocenters. The molecule has 12 heteroatoms. The van der Waals surface area contributed by atoms with Crippen LogP contribution in [-0.2, 0) is 4.74 Å². The van der Waals surface area contributed by atoms with Crippen LogP contribution in [0.15, 0.2) is 36.9 Å². The summed E-state index contributed by atoms with van der Waals surface area (Å²) in [4.78, 5) is 27.3. The fourth-order valence-electron chi connectivity index (χ4n) is 5.49. The van der Waals surface area contributed by atoms with Crippen molar-refractivity contribution < 1.29 is 22.7 Å². The molecule has 5 heterocycles. The van der Waals surface area contributed by atoms with Crippen molar-refractivity contribution in [2.75, 3.05) is 18.4 Å². The molecular formula is C26H28F3N7O2. The number of hydrogen-bond donors (Lipinski definition) is 2. The molecule has 0 atom stereocenters. The van der Waals surface area contributed by atoms with E-state index in [9.17, 15) is 18.0 Å². The minimum absolute atomic E-state index is 0.00817. The van der Waals surface area contributed by atoms with Gasteiger partial charge in [-0.3, -0.25) is 9.53 Å². The van der Waals surface area contributed by atoms with Gasteiger partial charge in [-0.05, 0) is 62.6 Å². The van der Waals surface area contributed by atoms with E-state index in [-0.39, 0.29) is 11.9 Å². The third-order valence-electron chi connectivity index (χ3n) is 7.45. The number of rotatable bonds is 5. The Morgan fingerprint density at radius 3 is 2.66 bits per heavy atom. The van der Waals surface area contributed by atoms with Crippen molar-refractivity contribution in [2.45, 2.75) is 63.5 Å². The number of pyridine rings is 1. The zero-order valence-corrected chi connectivity index (χ0v) is 20.7. The highest BCUT2D eigenvalue weighted by atomic mass is 19.4. The molecular weight excluding hydrogens is 499 g/mol. The van der Waals surface area contributed by atoms with Gasteiger partial charge in [0.2, 0.25) is 5.95 Å². The maximum Gasteiger partial charge on any atom is 0.522 e. The van der Waals surface area contributed by atoms with Crippen molar-refractivity contribution in [3.8, 4) is 11.1 Å². The number of halogens is 3. The number of fused-ring (bicyclic) bond motifs is 2. The van der Waals surface area contributed by atoms with Gasteiger partial charge in [0.25, 0.3) is 5.91 Å². The van der Waals surface area contributed by atoms with E-state index in [1.807, 2.05) is 29.4 Å². The van der Waals surface area contributed by atoms with Crippen LogP contribution in [-0.4, -0.2) is 67.0 Å². The second kappa shape index (κ2) is 9.90. The zero-order valence-electron chi connectivity index (χ0n) is 20.7. The smallest absolute Gasteiger partial charge is 0.351 e. The van der Waals surface area contributed by atoms with Crippen LogP contribution in [0.3, 0.4) is 0 Å². The SMILES string of the molecule is O=C(c1cnn2ccc(-c3c[nH]c4nc(NC5CCC(OC(F)(F)F)CC5)ncc34)cc12)N1CCCCC1. The summed E-state index contributed by atoms with van der Waals surface area (Å²) in [7, 11) is 0. The molecule has 1 aliphatic carbocycles. The monoisotopic (exact) mass is 527 g/mol. The molecule has 4 aromatic heterocycles. The number of ether oxygens (including phenoxy) is 1. The third kappa shape index (κ3) is 5.04. The lowest BCUT2D eigenvalue weighted by Crippen LogP contribution is -2.35. The molecule has 1 amide bonds. The molecule has 4 aromatic rings. The first-order valence-corrected chi connectivity index (χ1v) is 13.0. The minimum Gasteiger partial charge on any atom is -0.351 e. The lowest BCUT2D eigenvalue weighted by molar-refractivity contribution is -0.345. The number of amides is 1. The molecule has 0 radical (unpaired) electrons. The van der Waals surface area contributed by atoms with Crippen molar-refractivity contribution in [2.24, 2.45) is 0 Å². The Bertz CT molecular complexity index is 1450. The van der Waals surface area contributed by atoms with Crippen molar-refractivity contribution in [3.05, 3.63) is 42.5 Å². The molecule has 1 aliphatic heterocycles. The minimum atomic E-state index is -4.60. The summed E-state index contributed by atoms with van der Waals surface area (Å²) in [6.45, 7) is 1.55. The number of likely N-dealkylation sites (tertiary alicyclic amines) is 1. The van der Waals surface area contributed by atoms with Crippen LogP contribution < -0.4 is 5.32 Å². The molecule has 0 bridgehead atoms. The molecule has 0 aromatic carbocycles. The second-order valence-corrected chi connectivity index (χ2v) is 10.00. The van der Waals surface area contributed by atoms with Crippen LogP contribution in [0.5, 0.6) is 0 Å². The van der Waals surface area contributed by atoms with E-state index in [0.717, 1.165) is 54.4 Å². The zero-order chi connectivity index (χ0) is 26.3. The number of hydrogen-bond acceptors (Lipinski definition) is 6. The fourth-order valence-corrected chi connectivity index (χ4v) is 5.49. The number of nitrogens with zero attached hydrogens (tertiary/aromatic N) is 5. The van der Waals surface area contributed by atoms with Gasteiger partial charge in [0.05, 0.1) is 23.4 Å². The number of H-pyrrole nitrogens is 1. The maximum atomic E-state index is 13.1. The van der Waals surface area contributed by atoms with E-state index in [0.29, 0.717) is 42.8 Å². The van der Waals surface area contributed by atoms with Crippen LogP contribution in [0, 0.1) is 0 Å². The number of carbonyl (C=O) groups excluding carboxylic acids is 1. The van der Waals surface area contributed by atoms with Crippen molar-refractivity contribution >= 4 is 28.4 Å². The van der Waals surface area contributed by atoms with E-state index in [4.69, 9.17) is 0 Å². The molecule has 0 spiro atoms. The van der Waals surface area contributed by atoms with Gasteiger partial charge in [-0.25, -0.2) is 9.50 Å².